The Labute approximate surface area is 123 Å². The number of nitrogens with one attached hydrogen (secondary N) is 1. The lowest BCUT2D eigenvalue weighted by atomic mass is 10.1. The Balaban J connectivity index is 1.93. The first-order valence-electron chi connectivity index (χ1n) is 5.89. The molecule has 0 aliphatic heterocycles. The highest BCUT2D eigenvalue weighted by Crippen LogP contribution is 2.27. The molecule has 0 fully saturated rings. The molecule has 0 amide bonds. The van der Waals surface area contributed by atoms with Crippen molar-refractivity contribution in [1.29, 1.82) is 0 Å². The zero-order valence-electron chi connectivity index (χ0n) is 10.1. The Morgan fingerprint density at radius 3 is 3.11 bits per heavy atom. The first-order valence-corrected chi connectivity index (χ1v) is 7.56. The van der Waals surface area contributed by atoms with E-state index in [-0.39, 0.29) is 6.04 Å². The fraction of sp³-hybridized carbons (Fsp3) is 0.154. The third-order valence-electron chi connectivity index (χ3n) is 3.06. The number of pyridine rings is 1. The summed E-state index contributed by atoms with van der Waals surface area (Å²) in [7, 11) is 0. The van der Waals surface area contributed by atoms with Gasteiger partial charge in [-0.2, -0.15) is 5.10 Å². The molecule has 0 radical (unpaired) electrons. The molecule has 0 bridgehead atoms. The standard InChI is InChI=1S/C13H13BrN4S/c14-9-5-10(19-8-9)6-12(17-15)11-7-16-18-4-2-1-3-13(11)18/h1-5,7-8,12,17H,6,15H2. The molecule has 98 valence electrons. The van der Waals surface area contributed by atoms with E-state index in [9.17, 15) is 0 Å². The summed E-state index contributed by atoms with van der Waals surface area (Å²) >= 11 is 5.20. The normalized spacial score (nSPS) is 12.9. The lowest BCUT2D eigenvalue weighted by Crippen LogP contribution is -2.29. The number of hydrogen-bond acceptors (Lipinski definition) is 4. The molecule has 1 unspecified atom stereocenters. The highest BCUT2D eigenvalue weighted by Gasteiger charge is 2.16. The van der Waals surface area contributed by atoms with Gasteiger partial charge in [-0.3, -0.25) is 11.3 Å². The highest BCUT2D eigenvalue weighted by atomic mass is 79.9. The molecule has 3 aromatic heterocycles. The number of nitrogens with zero attached hydrogens (tertiary/aromatic N) is 2. The maximum Gasteiger partial charge on any atom is 0.0710 e. The van der Waals surface area contributed by atoms with Crippen LogP contribution in [-0.2, 0) is 6.42 Å². The van der Waals surface area contributed by atoms with Gasteiger partial charge in [0.25, 0.3) is 0 Å². The van der Waals surface area contributed by atoms with E-state index in [1.165, 1.54) is 4.88 Å². The van der Waals surface area contributed by atoms with Crippen LogP contribution in [0.15, 0.2) is 46.5 Å². The number of rotatable bonds is 4. The molecule has 3 rings (SSSR count). The van der Waals surface area contributed by atoms with Gasteiger partial charge in [0.05, 0.1) is 17.8 Å². The van der Waals surface area contributed by atoms with Crippen LogP contribution in [-0.4, -0.2) is 9.61 Å². The number of hydrazine groups is 1. The van der Waals surface area contributed by atoms with Crippen LogP contribution < -0.4 is 11.3 Å². The van der Waals surface area contributed by atoms with Gasteiger partial charge >= 0.3 is 0 Å². The number of nitrogens with two attached hydrogens (primary N) is 1. The van der Waals surface area contributed by atoms with Gasteiger partial charge in [-0.15, -0.1) is 11.3 Å². The lowest BCUT2D eigenvalue weighted by molar-refractivity contribution is 0.559. The number of fused-ring (bicyclic) bond motifs is 1. The Morgan fingerprint density at radius 2 is 2.37 bits per heavy atom. The molecule has 3 heterocycles. The molecule has 0 spiro atoms. The Bertz CT molecular complexity index is 691. The van der Waals surface area contributed by atoms with E-state index in [1.54, 1.807) is 11.3 Å². The average Bonchev–Trinajstić information content (AvgIpc) is 3.02. The summed E-state index contributed by atoms with van der Waals surface area (Å²) in [4.78, 5) is 1.28. The summed E-state index contributed by atoms with van der Waals surface area (Å²) in [6.45, 7) is 0. The highest BCUT2D eigenvalue weighted by molar-refractivity contribution is 9.10. The molecule has 0 aromatic carbocycles. The average molecular weight is 337 g/mol. The summed E-state index contributed by atoms with van der Waals surface area (Å²) in [6.07, 6.45) is 4.67. The summed E-state index contributed by atoms with van der Waals surface area (Å²) in [5.74, 6) is 5.72. The Morgan fingerprint density at radius 1 is 1.47 bits per heavy atom. The van der Waals surface area contributed by atoms with Crippen LogP contribution in [0.4, 0.5) is 0 Å². The van der Waals surface area contributed by atoms with Crippen molar-refractivity contribution in [3.05, 3.63) is 57.0 Å². The number of aromatic nitrogens is 2. The minimum atomic E-state index is 0.0606. The summed E-state index contributed by atoms with van der Waals surface area (Å²) in [6, 6.07) is 8.21. The van der Waals surface area contributed by atoms with Gasteiger partial charge in [0.15, 0.2) is 0 Å². The van der Waals surface area contributed by atoms with E-state index in [1.807, 2.05) is 29.0 Å². The summed E-state index contributed by atoms with van der Waals surface area (Å²) in [5, 5.41) is 6.43. The van der Waals surface area contributed by atoms with Crippen LogP contribution in [0, 0.1) is 0 Å². The SMILES string of the molecule is NNC(Cc1cc(Br)cs1)c1cnn2ccccc12. The molecular formula is C13H13BrN4S. The van der Waals surface area contributed by atoms with Gasteiger partial charge < -0.3 is 0 Å². The molecule has 19 heavy (non-hydrogen) atoms. The fourth-order valence-electron chi connectivity index (χ4n) is 2.14. The van der Waals surface area contributed by atoms with Gasteiger partial charge in [0.2, 0.25) is 0 Å². The van der Waals surface area contributed by atoms with Crippen LogP contribution in [0.3, 0.4) is 0 Å². The fourth-order valence-corrected chi connectivity index (χ4v) is 3.64. The van der Waals surface area contributed by atoms with E-state index >= 15 is 0 Å². The summed E-state index contributed by atoms with van der Waals surface area (Å²) in [5.41, 5.74) is 5.09. The van der Waals surface area contributed by atoms with Crippen molar-refractivity contribution in [2.24, 2.45) is 5.84 Å². The lowest BCUT2D eigenvalue weighted by Gasteiger charge is -2.13. The van der Waals surface area contributed by atoms with Crippen molar-refractivity contribution in [3.8, 4) is 0 Å². The van der Waals surface area contributed by atoms with E-state index < -0.39 is 0 Å². The number of thiophene rings is 1. The molecule has 0 saturated carbocycles. The largest absolute Gasteiger partial charge is 0.271 e. The van der Waals surface area contributed by atoms with Crippen molar-refractivity contribution in [2.45, 2.75) is 12.5 Å². The minimum Gasteiger partial charge on any atom is -0.271 e. The maximum atomic E-state index is 5.72. The van der Waals surface area contributed by atoms with Crippen LogP contribution in [0.5, 0.6) is 0 Å². The second-order valence-electron chi connectivity index (χ2n) is 4.28. The molecule has 4 nitrogen and oxygen atoms in total. The second kappa shape index (κ2) is 5.42. The van der Waals surface area contributed by atoms with Gasteiger partial charge in [-0.05, 0) is 34.1 Å². The van der Waals surface area contributed by atoms with Crippen molar-refractivity contribution in [1.82, 2.24) is 15.0 Å². The molecule has 1 atom stereocenters. The van der Waals surface area contributed by atoms with E-state index in [0.29, 0.717) is 0 Å². The first-order chi connectivity index (χ1) is 9.28. The number of hydrogen-bond donors (Lipinski definition) is 2. The van der Waals surface area contributed by atoms with Crippen LogP contribution in [0.1, 0.15) is 16.5 Å². The molecule has 0 saturated heterocycles. The van der Waals surface area contributed by atoms with Crippen LogP contribution >= 0.6 is 27.3 Å². The summed E-state index contributed by atoms with van der Waals surface area (Å²) < 4.78 is 2.98. The zero-order valence-corrected chi connectivity index (χ0v) is 12.5. The van der Waals surface area contributed by atoms with Gasteiger partial charge in [0, 0.05) is 32.9 Å². The Hall–Kier alpha value is -1.21. The maximum absolute atomic E-state index is 5.72. The van der Waals surface area contributed by atoms with Gasteiger partial charge in [-0.1, -0.05) is 6.07 Å². The van der Waals surface area contributed by atoms with E-state index in [0.717, 1.165) is 22.0 Å². The van der Waals surface area contributed by atoms with Crippen molar-refractivity contribution >= 4 is 32.8 Å². The first kappa shape index (κ1) is 12.8. The van der Waals surface area contributed by atoms with Crippen LogP contribution in [0.2, 0.25) is 0 Å². The zero-order chi connectivity index (χ0) is 13.2. The van der Waals surface area contributed by atoms with Crippen molar-refractivity contribution < 1.29 is 0 Å². The minimum absolute atomic E-state index is 0.0606. The third-order valence-corrected chi connectivity index (χ3v) is 4.78. The predicted octanol–water partition coefficient (Wildman–Crippen LogP) is 2.91. The molecular weight excluding hydrogens is 324 g/mol. The molecule has 0 aliphatic rings. The van der Waals surface area contributed by atoms with Gasteiger partial charge in [-0.25, -0.2) is 4.52 Å². The monoisotopic (exact) mass is 336 g/mol. The van der Waals surface area contributed by atoms with Crippen molar-refractivity contribution in [3.63, 3.8) is 0 Å². The predicted molar refractivity (Wildman–Crippen MR) is 81.0 cm³/mol. The number of halogens is 1. The molecule has 3 aromatic rings. The third kappa shape index (κ3) is 2.57. The van der Waals surface area contributed by atoms with E-state index in [4.69, 9.17) is 5.84 Å². The molecule has 3 N–H and O–H groups in total. The molecule has 6 heteroatoms. The van der Waals surface area contributed by atoms with Crippen molar-refractivity contribution in [2.75, 3.05) is 0 Å². The molecule has 0 aliphatic carbocycles. The van der Waals surface area contributed by atoms with Gasteiger partial charge in [0.1, 0.15) is 0 Å². The smallest absolute Gasteiger partial charge is 0.0710 e. The topological polar surface area (TPSA) is 55.3 Å². The Kier molecular flexibility index (Phi) is 3.65. The quantitative estimate of drug-likeness (QED) is 0.569. The second-order valence-corrected chi connectivity index (χ2v) is 6.20. The van der Waals surface area contributed by atoms with Crippen LogP contribution in [0.25, 0.3) is 5.52 Å². The van der Waals surface area contributed by atoms with E-state index in [2.05, 4.69) is 44.0 Å².